The van der Waals surface area contributed by atoms with Crippen LogP contribution in [0.4, 0.5) is 5.82 Å². The van der Waals surface area contributed by atoms with E-state index >= 15 is 0 Å². The Labute approximate surface area is 161 Å². The van der Waals surface area contributed by atoms with Crippen molar-refractivity contribution in [3.63, 3.8) is 0 Å². The Kier molecular flexibility index (Phi) is 4.72. The molecular weight excluding hydrogens is 445 g/mol. The van der Waals surface area contributed by atoms with E-state index in [-0.39, 0.29) is 0 Å². The molecule has 2 aliphatic heterocycles. The monoisotopic (exact) mass is 473 g/mol. The minimum absolute atomic E-state index is 0.302. The van der Waals surface area contributed by atoms with Crippen LogP contribution in [-0.2, 0) is 0 Å². The molecular formula is C19H27BN4PSn+. The minimum atomic E-state index is -2.15. The molecule has 0 N–H and O–H groups in total. The van der Waals surface area contributed by atoms with Gasteiger partial charge in [0.15, 0.2) is 0 Å². The Morgan fingerprint density at radius 3 is 2.50 bits per heavy atom. The quantitative estimate of drug-likeness (QED) is 0.506. The molecule has 4 rings (SSSR count). The number of hydrogen-bond donors (Lipinski definition) is 0. The standard InChI is InChI=1S/C16H18BN4P.3CH3.Sn/c1-22(9-10-22)17(12-18)13-6-8-21(11-13)16-5-4-14-15(20-16)3-2-7-19-14;;;;/h2-5,13H,6,8-11H2,1H3;3*1H3;/q+1;;;;. The van der Waals surface area contributed by atoms with Crippen LogP contribution in [0.25, 0.3) is 11.0 Å². The fraction of sp³-hybridized carbons (Fsp3) is 0.526. The zero-order valence-electron chi connectivity index (χ0n) is 16.2. The van der Waals surface area contributed by atoms with Crippen molar-refractivity contribution in [2.75, 3.05) is 37.0 Å². The summed E-state index contributed by atoms with van der Waals surface area (Å²) in [6.45, 7) is 4.39. The van der Waals surface area contributed by atoms with Gasteiger partial charge in [0.25, 0.3) is 0 Å². The van der Waals surface area contributed by atoms with Crippen molar-refractivity contribution in [2.45, 2.75) is 27.1 Å². The number of nitrogens with zero attached hydrogens (tertiary/aromatic N) is 4. The Morgan fingerprint density at radius 1 is 1.15 bits per heavy atom. The van der Waals surface area contributed by atoms with Crippen molar-refractivity contribution < 1.29 is 0 Å². The third-order valence-corrected chi connectivity index (χ3v) is 14.9. The number of nitriles is 1. The molecule has 0 bridgehead atoms. The molecule has 7 heteroatoms. The van der Waals surface area contributed by atoms with Gasteiger partial charge in [0.1, 0.15) is 0 Å². The van der Waals surface area contributed by atoms with Gasteiger partial charge >= 0.3 is 162 Å². The maximum absolute atomic E-state index is 9.69. The molecule has 0 aromatic carbocycles. The van der Waals surface area contributed by atoms with Crippen LogP contribution in [0.2, 0.25) is 20.6 Å². The maximum atomic E-state index is 9.69. The third kappa shape index (κ3) is 3.48. The molecule has 134 valence electrons. The number of pyridine rings is 2. The van der Waals surface area contributed by atoms with E-state index in [0.717, 1.165) is 36.4 Å². The Hall–Kier alpha value is -0.856. The molecule has 1 atom stereocenters. The summed E-state index contributed by atoms with van der Waals surface area (Å²) < 4.78 is 1.31. The summed E-state index contributed by atoms with van der Waals surface area (Å²) in [5, 5.41) is 9.69. The zero-order valence-corrected chi connectivity index (χ0v) is 20.0. The van der Waals surface area contributed by atoms with E-state index in [1.165, 1.54) is 16.0 Å². The fourth-order valence-electron chi connectivity index (χ4n) is 4.04. The van der Waals surface area contributed by atoms with Crippen LogP contribution in [-0.4, -0.2) is 66.9 Å². The molecule has 1 unspecified atom stereocenters. The predicted octanol–water partition coefficient (Wildman–Crippen LogP) is 3.47. The second-order valence-corrected chi connectivity index (χ2v) is 27.9. The summed E-state index contributed by atoms with van der Waals surface area (Å²) in [7, 11) is -0.916. The van der Waals surface area contributed by atoms with E-state index in [4.69, 9.17) is 9.97 Å². The molecule has 2 aliphatic rings. The second kappa shape index (κ2) is 6.64. The van der Waals surface area contributed by atoms with Gasteiger partial charge in [-0.25, -0.2) is 0 Å². The van der Waals surface area contributed by atoms with Gasteiger partial charge in [-0.15, -0.1) is 0 Å². The van der Waals surface area contributed by atoms with Crippen molar-refractivity contribution in [1.82, 2.24) is 9.97 Å². The molecule has 4 heterocycles. The van der Waals surface area contributed by atoms with E-state index in [0.29, 0.717) is 12.2 Å². The molecule has 4 nitrogen and oxygen atoms in total. The summed E-state index contributed by atoms with van der Waals surface area (Å²) in [4.78, 5) is 19.3. The van der Waals surface area contributed by atoms with Gasteiger partial charge in [-0.3, -0.25) is 0 Å². The van der Waals surface area contributed by atoms with Gasteiger partial charge in [-0.2, -0.15) is 0 Å². The molecule has 0 amide bonds. The van der Waals surface area contributed by atoms with Crippen molar-refractivity contribution in [1.29, 1.82) is 5.26 Å². The van der Waals surface area contributed by atoms with Gasteiger partial charge < -0.3 is 0 Å². The van der Waals surface area contributed by atoms with Crippen LogP contribution < -0.4 is 8.61 Å². The summed E-state index contributed by atoms with van der Waals surface area (Å²) >= 11 is -2.15. The Bertz CT molecular complexity index is 887. The first-order valence-corrected chi connectivity index (χ1v) is 22.2. The molecule has 0 spiro atoms. The van der Waals surface area contributed by atoms with Gasteiger partial charge in [0.2, 0.25) is 0 Å². The van der Waals surface area contributed by atoms with Crippen LogP contribution in [0.5, 0.6) is 0 Å². The van der Waals surface area contributed by atoms with Gasteiger partial charge in [0, 0.05) is 0 Å². The van der Waals surface area contributed by atoms with Crippen molar-refractivity contribution in [3.05, 3.63) is 24.3 Å². The normalized spacial score (nSPS) is 21.7. The predicted molar refractivity (Wildman–Crippen MR) is 117 cm³/mol. The van der Waals surface area contributed by atoms with Crippen LogP contribution in [0, 0.1) is 11.2 Å². The van der Waals surface area contributed by atoms with Gasteiger partial charge in [-0.05, 0) is 0 Å². The third-order valence-electron chi connectivity index (χ3n) is 6.02. The number of rotatable bonds is 4. The van der Waals surface area contributed by atoms with E-state index < -0.39 is 25.5 Å². The van der Waals surface area contributed by atoms with Crippen molar-refractivity contribution >= 4 is 52.5 Å². The average molecular weight is 472 g/mol. The molecule has 26 heavy (non-hydrogen) atoms. The van der Waals surface area contributed by atoms with Gasteiger partial charge in [-0.1, -0.05) is 0 Å². The first-order chi connectivity index (χ1) is 12.3. The topological polar surface area (TPSA) is 52.8 Å². The Morgan fingerprint density at radius 2 is 1.85 bits per heavy atom. The van der Waals surface area contributed by atoms with E-state index in [1.807, 2.05) is 0 Å². The molecule has 0 radical (unpaired) electrons. The van der Waals surface area contributed by atoms with Crippen LogP contribution >= 0.6 is 7.14 Å². The van der Waals surface area contributed by atoms with Crippen LogP contribution in [0.3, 0.4) is 0 Å². The average Bonchev–Trinajstić information content (AvgIpc) is 3.16. The number of fused-ring (bicyclic) bond motifs is 1. The van der Waals surface area contributed by atoms with Gasteiger partial charge in [0.05, 0.1) is 0 Å². The summed E-state index contributed by atoms with van der Waals surface area (Å²) in [5.41, 5.74) is 2.00. The number of hydrogen-bond acceptors (Lipinski definition) is 4. The van der Waals surface area contributed by atoms with Crippen molar-refractivity contribution in [3.8, 4) is 5.97 Å². The molecule has 0 aliphatic carbocycles. The SMILES string of the molecule is C[P+]1(B(C#N)C2CCN(c3ccc4n[c]([Sn]([CH3])([CH3])[CH3])ccc4n3)C2)CC1. The molecule has 2 fully saturated rings. The molecule has 2 aromatic rings. The summed E-state index contributed by atoms with van der Waals surface area (Å²) in [6, 6.07) is 8.58. The molecule has 0 saturated carbocycles. The van der Waals surface area contributed by atoms with E-state index in [1.54, 1.807) is 0 Å². The van der Waals surface area contributed by atoms with E-state index in [9.17, 15) is 5.26 Å². The van der Waals surface area contributed by atoms with E-state index in [2.05, 4.69) is 56.6 Å². The first kappa shape index (κ1) is 18.5. The first-order valence-electron chi connectivity index (χ1n) is 9.57. The number of aromatic nitrogens is 2. The summed E-state index contributed by atoms with van der Waals surface area (Å²) in [6.07, 6.45) is 4.07. The summed E-state index contributed by atoms with van der Waals surface area (Å²) in [5.74, 6) is 4.23. The molecule has 2 aromatic heterocycles. The molecule has 2 saturated heterocycles. The second-order valence-electron chi connectivity index (χ2n) is 9.15. The van der Waals surface area contributed by atoms with Crippen molar-refractivity contribution in [2.24, 2.45) is 0 Å². The van der Waals surface area contributed by atoms with Crippen LogP contribution in [0.1, 0.15) is 6.42 Å². The number of anilines is 1. The Balaban J connectivity index is 1.55. The zero-order chi connectivity index (χ0) is 18.5. The fourth-order valence-corrected chi connectivity index (χ4v) is 10.4. The van der Waals surface area contributed by atoms with Crippen LogP contribution in [0.15, 0.2) is 24.3 Å².